The first-order valence-electron chi connectivity index (χ1n) is 9.14. The van der Waals surface area contributed by atoms with Gasteiger partial charge in [0, 0.05) is 23.2 Å². The minimum absolute atomic E-state index is 0.0494. The fraction of sp³-hybridized carbons (Fsp3) is 0.227. The quantitative estimate of drug-likeness (QED) is 0.643. The summed E-state index contributed by atoms with van der Waals surface area (Å²) in [5.41, 5.74) is 4.73. The minimum Gasteiger partial charge on any atom is -0.309 e. The molecule has 27 heavy (non-hydrogen) atoms. The van der Waals surface area contributed by atoms with Gasteiger partial charge in [-0.2, -0.15) is 5.10 Å². The van der Waals surface area contributed by atoms with Crippen LogP contribution in [0.1, 0.15) is 47.3 Å². The molecule has 0 aliphatic heterocycles. The Hall–Kier alpha value is -3.21. The monoisotopic (exact) mass is 359 g/mol. The van der Waals surface area contributed by atoms with E-state index in [2.05, 4.69) is 15.5 Å². The highest BCUT2D eigenvalue weighted by atomic mass is 16.1. The molecule has 0 unspecified atom stereocenters. The van der Waals surface area contributed by atoms with Crippen LogP contribution in [0.2, 0.25) is 0 Å². The van der Waals surface area contributed by atoms with Gasteiger partial charge >= 0.3 is 0 Å². The SMILES string of the molecule is CC(=O)c1cccc(-c2ccc(CC(=O)Nc3cc(C4CC4)[nH]n3)cc2)c1. The van der Waals surface area contributed by atoms with Crippen LogP contribution in [-0.2, 0) is 11.2 Å². The largest absolute Gasteiger partial charge is 0.309 e. The summed E-state index contributed by atoms with van der Waals surface area (Å²) < 4.78 is 0. The smallest absolute Gasteiger partial charge is 0.229 e. The van der Waals surface area contributed by atoms with Crippen molar-refractivity contribution < 1.29 is 9.59 Å². The molecule has 0 spiro atoms. The molecule has 0 radical (unpaired) electrons. The summed E-state index contributed by atoms with van der Waals surface area (Å²) in [6.45, 7) is 1.56. The number of carbonyl (C=O) groups is 2. The second-order valence-corrected chi connectivity index (χ2v) is 7.04. The molecule has 1 aromatic heterocycles. The summed E-state index contributed by atoms with van der Waals surface area (Å²) in [6, 6.07) is 17.3. The molecular formula is C22H21N3O2. The summed E-state index contributed by atoms with van der Waals surface area (Å²) in [5.74, 6) is 1.13. The first kappa shape index (κ1) is 17.2. The zero-order valence-corrected chi connectivity index (χ0v) is 15.2. The molecule has 1 aliphatic rings. The minimum atomic E-state index is -0.0878. The van der Waals surface area contributed by atoms with Crippen molar-refractivity contribution in [3.05, 3.63) is 71.4 Å². The average molecular weight is 359 g/mol. The molecule has 0 bridgehead atoms. The van der Waals surface area contributed by atoms with E-state index >= 15 is 0 Å². The number of ketones is 1. The molecule has 4 rings (SSSR count). The van der Waals surface area contributed by atoms with E-state index in [0.717, 1.165) is 22.4 Å². The number of aromatic nitrogens is 2. The fourth-order valence-corrected chi connectivity index (χ4v) is 3.11. The predicted molar refractivity (Wildman–Crippen MR) is 105 cm³/mol. The van der Waals surface area contributed by atoms with Gasteiger partial charge in [-0.3, -0.25) is 14.7 Å². The van der Waals surface area contributed by atoms with Gasteiger partial charge < -0.3 is 5.32 Å². The zero-order valence-electron chi connectivity index (χ0n) is 15.2. The number of amides is 1. The molecule has 0 saturated heterocycles. The van der Waals surface area contributed by atoms with E-state index in [-0.39, 0.29) is 11.7 Å². The standard InChI is InChI=1S/C22H21N3O2/c1-14(26)18-3-2-4-19(12-18)16-7-5-15(6-8-16)11-22(27)23-21-13-20(24-25-21)17-9-10-17/h2-8,12-13,17H,9-11H2,1H3,(H2,23,24,25,27). The number of Topliss-reactive ketones (excluding diaryl/α,β-unsaturated/α-hetero) is 1. The van der Waals surface area contributed by atoms with Crippen LogP contribution in [0.15, 0.2) is 54.6 Å². The van der Waals surface area contributed by atoms with Gasteiger partial charge in [0.2, 0.25) is 5.91 Å². The Labute approximate surface area is 157 Å². The zero-order chi connectivity index (χ0) is 18.8. The van der Waals surface area contributed by atoms with Crippen molar-refractivity contribution in [2.75, 3.05) is 5.32 Å². The Morgan fingerprint density at radius 3 is 2.56 bits per heavy atom. The molecule has 0 atom stereocenters. The summed E-state index contributed by atoms with van der Waals surface area (Å²) in [6.07, 6.45) is 2.67. The van der Waals surface area contributed by atoms with Crippen LogP contribution in [-0.4, -0.2) is 21.9 Å². The molecular weight excluding hydrogens is 338 g/mol. The van der Waals surface area contributed by atoms with E-state index < -0.39 is 0 Å². The van der Waals surface area contributed by atoms with Crippen LogP contribution in [0.5, 0.6) is 0 Å². The lowest BCUT2D eigenvalue weighted by Crippen LogP contribution is -2.14. The number of nitrogens with one attached hydrogen (secondary N) is 2. The number of carbonyl (C=O) groups excluding carboxylic acids is 2. The normalized spacial score (nSPS) is 13.4. The average Bonchev–Trinajstić information content (AvgIpc) is 3.42. The first-order chi connectivity index (χ1) is 13.1. The van der Waals surface area contributed by atoms with Crippen LogP contribution in [0.3, 0.4) is 0 Å². The Bertz CT molecular complexity index is 985. The molecule has 2 N–H and O–H groups in total. The van der Waals surface area contributed by atoms with Crippen molar-refractivity contribution in [1.29, 1.82) is 0 Å². The van der Waals surface area contributed by atoms with Gasteiger partial charge in [-0.1, -0.05) is 42.5 Å². The molecule has 1 heterocycles. The van der Waals surface area contributed by atoms with Crippen LogP contribution in [0, 0.1) is 0 Å². The van der Waals surface area contributed by atoms with Gasteiger partial charge in [0.05, 0.1) is 6.42 Å². The van der Waals surface area contributed by atoms with E-state index in [1.54, 1.807) is 6.92 Å². The summed E-state index contributed by atoms with van der Waals surface area (Å²) in [7, 11) is 0. The van der Waals surface area contributed by atoms with Crippen molar-refractivity contribution in [3.8, 4) is 11.1 Å². The molecule has 136 valence electrons. The van der Waals surface area contributed by atoms with Gasteiger partial charge in [0.25, 0.3) is 0 Å². The Morgan fingerprint density at radius 1 is 1.07 bits per heavy atom. The second kappa shape index (κ2) is 7.19. The summed E-state index contributed by atoms with van der Waals surface area (Å²) in [4.78, 5) is 23.8. The number of aromatic amines is 1. The Morgan fingerprint density at radius 2 is 1.85 bits per heavy atom. The lowest BCUT2D eigenvalue weighted by molar-refractivity contribution is -0.115. The topological polar surface area (TPSA) is 74.8 Å². The third-order valence-electron chi connectivity index (χ3n) is 4.80. The van der Waals surface area contributed by atoms with Gasteiger partial charge in [-0.25, -0.2) is 0 Å². The molecule has 1 amide bonds. The van der Waals surface area contributed by atoms with Crippen molar-refractivity contribution in [2.45, 2.75) is 32.1 Å². The summed E-state index contributed by atoms with van der Waals surface area (Å²) >= 11 is 0. The van der Waals surface area contributed by atoms with E-state index in [0.29, 0.717) is 23.7 Å². The third-order valence-corrected chi connectivity index (χ3v) is 4.80. The van der Waals surface area contributed by atoms with Gasteiger partial charge in [-0.15, -0.1) is 0 Å². The highest BCUT2D eigenvalue weighted by Gasteiger charge is 2.25. The van der Waals surface area contributed by atoms with Crippen LogP contribution < -0.4 is 5.32 Å². The lowest BCUT2D eigenvalue weighted by Gasteiger charge is -2.06. The van der Waals surface area contributed by atoms with Crippen LogP contribution in [0.4, 0.5) is 5.82 Å². The number of rotatable bonds is 6. The molecule has 1 fully saturated rings. The Balaban J connectivity index is 1.40. The summed E-state index contributed by atoms with van der Waals surface area (Å²) in [5, 5.41) is 9.98. The molecule has 1 aliphatic carbocycles. The Kier molecular flexibility index (Phi) is 4.59. The van der Waals surface area contributed by atoms with E-state index in [9.17, 15) is 9.59 Å². The van der Waals surface area contributed by atoms with E-state index in [1.807, 2.05) is 54.6 Å². The number of H-pyrrole nitrogens is 1. The van der Waals surface area contributed by atoms with Crippen molar-refractivity contribution in [2.24, 2.45) is 0 Å². The second-order valence-electron chi connectivity index (χ2n) is 7.04. The van der Waals surface area contributed by atoms with E-state index in [4.69, 9.17) is 0 Å². The van der Waals surface area contributed by atoms with Crippen LogP contribution >= 0.6 is 0 Å². The van der Waals surface area contributed by atoms with Gasteiger partial charge in [-0.05, 0) is 42.5 Å². The highest BCUT2D eigenvalue weighted by molar-refractivity contribution is 5.95. The third kappa shape index (κ3) is 4.14. The number of hydrogen-bond donors (Lipinski definition) is 2. The van der Waals surface area contributed by atoms with Gasteiger partial charge in [0.15, 0.2) is 11.6 Å². The van der Waals surface area contributed by atoms with Gasteiger partial charge in [0.1, 0.15) is 0 Å². The molecule has 1 saturated carbocycles. The molecule has 5 heteroatoms. The molecule has 3 aromatic rings. The maximum atomic E-state index is 12.2. The lowest BCUT2D eigenvalue weighted by atomic mass is 10.00. The maximum Gasteiger partial charge on any atom is 0.229 e. The maximum absolute atomic E-state index is 12.2. The van der Waals surface area contributed by atoms with Crippen molar-refractivity contribution >= 4 is 17.5 Å². The number of anilines is 1. The van der Waals surface area contributed by atoms with Crippen molar-refractivity contribution in [1.82, 2.24) is 10.2 Å². The molecule has 2 aromatic carbocycles. The number of hydrogen-bond acceptors (Lipinski definition) is 3. The molecule has 5 nitrogen and oxygen atoms in total. The van der Waals surface area contributed by atoms with Crippen LogP contribution in [0.25, 0.3) is 11.1 Å². The first-order valence-corrected chi connectivity index (χ1v) is 9.14. The van der Waals surface area contributed by atoms with E-state index in [1.165, 1.54) is 12.8 Å². The predicted octanol–water partition coefficient (Wildman–Crippen LogP) is 4.34. The number of nitrogens with zero attached hydrogens (tertiary/aromatic N) is 1. The fourth-order valence-electron chi connectivity index (χ4n) is 3.11. The number of benzene rings is 2. The van der Waals surface area contributed by atoms with Crippen molar-refractivity contribution in [3.63, 3.8) is 0 Å². The highest BCUT2D eigenvalue weighted by Crippen LogP contribution is 2.39.